The molecule has 0 saturated carbocycles. The van der Waals surface area contributed by atoms with Gasteiger partial charge in [-0.25, -0.2) is 0 Å². The highest BCUT2D eigenvalue weighted by atomic mass is 16.2. The van der Waals surface area contributed by atoms with Crippen molar-refractivity contribution in [2.75, 3.05) is 6.54 Å². The second-order valence-electron chi connectivity index (χ2n) is 4.98. The van der Waals surface area contributed by atoms with Crippen molar-refractivity contribution in [1.82, 2.24) is 10.6 Å². The molecular weight excluding hydrogens is 238 g/mol. The van der Waals surface area contributed by atoms with E-state index in [2.05, 4.69) is 41.6 Å². The Morgan fingerprint density at radius 3 is 2.47 bits per heavy atom. The molecule has 1 unspecified atom stereocenters. The summed E-state index contributed by atoms with van der Waals surface area (Å²) in [5.41, 5.74) is 1.51. The van der Waals surface area contributed by atoms with E-state index in [0.29, 0.717) is 12.5 Å². The van der Waals surface area contributed by atoms with Crippen molar-refractivity contribution in [3.8, 4) is 0 Å². The molecule has 0 bridgehead atoms. The molecule has 0 spiro atoms. The molecule has 1 aliphatic heterocycles. The molecule has 1 heterocycles. The van der Waals surface area contributed by atoms with Gasteiger partial charge in [-0.2, -0.15) is 0 Å². The van der Waals surface area contributed by atoms with E-state index >= 15 is 0 Å². The third-order valence-electron chi connectivity index (χ3n) is 3.49. The molecule has 2 rings (SSSR count). The van der Waals surface area contributed by atoms with Gasteiger partial charge < -0.3 is 5.32 Å². The van der Waals surface area contributed by atoms with Gasteiger partial charge in [-0.05, 0) is 30.9 Å². The highest BCUT2D eigenvalue weighted by Crippen LogP contribution is 2.24. The summed E-state index contributed by atoms with van der Waals surface area (Å²) < 4.78 is 0. The molecule has 0 radical (unpaired) electrons. The zero-order valence-corrected chi connectivity index (χ0v) is 11.8. The molecule has 102 valence electrons. The van der Waals surface area contributed by atoms with Crippen molar-refractivity contribution in [2.45, 2.75) is 39.2 Å². The molecular formula is C15H21N3O. The molecule has 1 fully saturated rings. The van der Waals surface area contributed by atoms with E-state index in [0.717, 1.165) is 18.4 Å². The smallest absolute Gasteiger partial charge is 0.256 e. The lowest BCUT2D eigenvalue weighted by molar-refractivity contribution is -0.123. The Kier molecular flexibility index (Phi) is 3.88. The predicted octanol–water partition coefficient (Wildman–Crippen LogP) is 1.95. The van der Waals surface area contributed by atoms with Gasteiger partial charge in [0, 0.05) is 6.54 Å². The molecule has 1 atom stereocenters. The highest BCUT2D eigenvalue weighted by Gasteiger charge is 2.42. The molecule has 1 aromatic carbocycles. The van der Waals surface area contributed by atoms with Gasteiger partial charge >= 0.3 is 0 Å². The lowest BCUT2D eigenvalue weighted by Gasteiger charge is -2.21. The van der Waals surface area contributed by atoms with Crippen molar-refractivity contribution in [3.63, 3.8) is 0 Å². The largest absolute Gasteiger partial charge is 0.338 e. The molecule has 4 heteroatoms. The van der Waals surface area contributed by atoms with Gasteiger partial charge in [-0.1, -0.05) is 38.1 Å². The SMILES string of the molecule is CCCN=C1NC(=O)C(C)(c2ccc(CC)cc2)N1. The Labute approximate surface area is 114 Å². The van der Waals surface area contributed by atoms with Gasteiger partial charge in [-0.3, -0.25) is 15.1 Å². The summed E-state index contributed by atoms with van der Waals surface area (Å²) in [6.07, 6.45) is 1.96. The van der Waals surface area contributed by atoms with Crippen molar-refractivity contribution >= 4 is 11.9 Å². The van der Waals surface area contributed by atoms with Crippen LogP contribution in [-0.2, 0) is 16.8 Å². The first-order valence-corrected chi connectivity index (χ1v) is 6.83. The summed E-state index contributed by atoms with van der Waals surface area (Å²) in [4.78, 5) is 16.5. The molecule has 19 heavy (non-hydrogen) atoms. The molecule has 2 N–H and O–H groups in total. The number of benzene rings is 1. The van der Waals surface area contributed by atoms with E-state index < -0.39 is 5.54 Å². The molecule has 0 aromatic heterocycles. The minimum atomic E-state index is -0.723. The van der Waals surface area contributed by atoms with Gasteiger partial charge in [0.25, 0.3) is 5.91 Å². The van der Waals surface area contributed by atoms with Crippen molar-refractivity contribution < 1.29 is 4.79 Å². The number of guanidine groups is 1. The number of aliphatic imine (C=N–C) groups is 1. The van der Waals surface area contributed by atoms with Gasteiger partial charge in [0.05, 0.1) is 0 Å². The molecule has 4 nitrogen and oxygen atoms in total. The first-order chi connectivity index (χ1) is 9.10. The fourth-order valence-electron chi connectivity index (χ4n) is 2.14. The molecule has 1 amide bonds. The maximum absolute atomic E-state index is 12.2. The number of aryl methyl sites for hydroxylation is 1. The summed E-state index contributed by atoms with van der Waals surface area (Å²) in [6, 6.07) is 8.15. The average molecular weight is 259 g/mol. The van der Waals surface area contributed by atoms with Crippen LogP contribution in [0.2, 0.25) is 0 Å². The zero-order chi connectivity index (χ0) is 13.9. The summed E-state index contributed by atoms with van der Waals surface area (Å²) in [7, 11) is 0. The first-order valence-electron chi connectivity index (χ1n) is 6.83. The van der Waals surface area contributed by atoms with Gasteiger partial charge in [0.1, 0.15) is 5.54 Å². The van der Waals surface area contributed by atoms with Crippen molar-refractivity contribution in [2.24, 2.45) is 4.99 Å². The summed E-state index contributed by atoms with van der Waals surface area (Å²) in [5, 5.41) is 6.00. The van der Waals surface area contributed by atoms with Crippen LogP contribution in [0.3, 0.4) is 0 Å². The Bertz CT molecular complexity index is 493. The number of nitrogens with zero attached hydrogens (tertiary/aromatic N) is 1. The van der Waals surface area contributed by atoms with Crippen LogP contribution in [0.15, 0.2) is 29.3 Å². The number of carbonyl (C=O) groups is 1. The average Bonchev–Trinajstić information content (AvgIpc) is 2.73. The van der Waals surface area contributed by atoms with Crippen LogP contribution in [0.5, 0.6) is 0 Å². The summed E-state index contributed by atoms with van der Waals surface area (Å²) in [6.45, 7) is 6.78. The molecule has 1 saturated heterocycles. The van der Waals surface area contributed by atoms with E-state index in [1.54, 1.807) is 0 Å². The summed E-state index contributed by atoms with van der Waals surface area (Å²) in [5.74, 6) is 0.528. The number of hydrogen-bond acceptors (Lipinski definition) is 2. The fourth-order valence-corrected chi connectivity index (χ4v) is 2.14. The second kappa shape index (κ2) is 5.43. The van der Waals surface area contributed by atoms with E-state index in [1.807, 2.05) is 19.1 Å². The fraction of sp³-hybridized carbons (Fsp3) is 0.467. The van der Waals surface area contributed by atoms with Gasteiger partial charge in [-0.15, -0.1) is 0 Å². The van der Waals surface area contributed by atoms with E-state index in [9.17, 15) is 4.79 Å². The maximum atomic E-state index is 12.2. The lowest BCUT2D eigenvalue weighted by Crippen LogP contribution is -2.40. The normalized spacial score (nSPS) is 24.4. The standard InChI is InChI=1S/C15H21N3O/c1-4-10-16-14-17-13(19)15(3,18-14)12-8-6-11(5-2)7-9-12/h6-9H,4-5,10H2,1-3H3,(H2,16,17,18,19). The Morgan fingerprint density at radius 1 is 1.21 bits per heavy atom. The van der Waals surface area contributed by atoms with Crippen LogP contribution < -0.4 is 10.6 Å². The Hall–Kier alpha value is -1.84. The molecule has 1 aliphatic rings. The number of nitrogens with one attached hydrogen (secondary N) is 2. The topological polar surface area (TPSA) is 53.5 Å². The van der Waals surface area contributed by atoms with E-state index in [1.165, 1.54) is 5.56 Å². The van der Waals surface area contributed by atoms with Crippen LogP contribution >= 0.6 is 0 Å². The number of rotatable bonds is 4. The quantitative estimate of drug-likeness (QED) is 0.868. The lowest BCUT2D eigenvalue weighted by atomic mass is 9.91. The van der Waals surface area contributed by atoms with Crippen LogP contribution in [0.25, 0.3) is 0 Å². The molecule has 0 aliphatic carbocycles. The highest BCUT2D eigenvalue weighted by molar-refractivity contribution is 6.09. The Balaban J connectivity index is 2.24. The third kappa shape index (κ3) is 2.62. The number of carbonyl (C=O) groups excluding carboxylic acids is 1. The van der Waals surface area contributed by atoms with Crippen LogP contribution in [-0.4, -0.2) is 18.4 Å². The van der Waals surface area contributed by atoms with Gasteiger partial charge in [0.15, 0.2) is 5.96 Å². The number of amides is 1. The predicted molar refractivity (Wildman–Crippen MR) is 77.0 cm³/mol. The molecule has 1 aromatic rings. The second-order valence-corrected chi connectivity index (χ2v) is 4.98. The first kappa shape index (κ1) is 13.6. The van der Waals surface area contributed by atoms with Crippen LogP contribution in [0.4, 0.5) is 0 Å². The van der Waals surface area contributed by atoms with Crippen LogP contribution in [0, 0.1) is 0 Å². The minimum Gasteiger partial charge on any atom is -0.338 e. The monoisotopic (exact) mass is 259 g/mol. The summed E-state index contributed by atoms with van der Waals surface area (Å²) >= 11 is 0. The van der Waals surface area contributed by atoms with E-state index in [-0.39, 0.29) is 5.91 Å². The van der Waals surface area contributed by atoms with Crippen molar-refractivity contribution in [3.05, 3.63) is 35.4 Å². The maximum Gasteiger partial charge on any atom is 0.256 e. The Morgan fingerprint density at radius 2 is 1.89 bits per heavy atom. The minimum absolute atomic E-state index is 0.0494. The zero-order valence-electron chi connectivity index (χ0n) is 11.8. The van der Waals surface area contributed by atoms with Crippen molar-refractivity contribution in [1.29, 1.82) is 0 Å². The van der Waals surface area contributed by atoms with E-state index in [4.69, 9.17) is 0 Å². The third-order valence-corrected chi connectivity index (χ3v) is 3.49. The number of hydrogen-bond donors (Lipinski definition) is 2. The van der Waals surface area contributed by atoms with Gasteiger partial charge in [0.2, 0.25) is 0 Å². The van der Waals surface area contributed by atoms with Crippen LogP contribution in [0.1, 0.15) is 38.3 Å².